The van der Waals surface area contributed by atoms with Crippen molar-refractivity contribution in [3.63, 3.8) is 0 Å². The molecule has 0 radical (unpaired) electrons. The fraction of sp³-hybridized carbons (Fsp3) is 0.320. The molecule has 1 amide bonds. The Bertz CT molecular complexity index is 1130. The lowest BCUT2D eigenvalue weighted by molar-refractivity contribution is -0.126. The van der Waals surface area contributed by atoms with Crippen molar-refractivity contribution in [3.8, 4) is 5.75 Å². The summed E-state index contributed by atoms with van der Waals surface area (Å²) >= 11 is 0. The van der Waals surface area contributed by atoms with Gasteiger partial charge >= 0.3 is 0 Å². The number of carbonyl (C=O) groups is 1. The van der Waals surface area contributed by atoms with Crippen molar-refractivity contribution in [1.82, 2.24) is 15.3 Å². The molecule has 2 aromatic carbocycles. The van der Waals surface area contributed by atoms with Gasteiger partial charge in [0, 0.05) is 50.3 Å². The predicted molar refractivity (Wildman–Crippen MR) is 124 cm³/mol. The highest BCUT2D eigenvalue weighted by molar-refractivity contribution is 5.82. The van der Waals surface area contributed by atoms with Gasteiger partial charge in [-0.2, -0.15) is 0 Å². The molecule has 0 spiro atoms. The van der Waals surface area contributed by atoms with Crippen LogP contribution in [0.1, 0.15) is 11.1 Å². The number of hydrogen-bond acceptors (Lipinski definition) is 6. The molecule has 170 valence electrons. The first kappa shape index (κ1) is 21.2. The summed E-state index contributed by atoms with van der Waals surface area (Å²) in [4.78, 5) is 26.6. The number of hydrogen-bond donors (Lipinski definition) is 1. The van der Waals surface area contributed by atoms with Crippen LogP contribution in [0.5, 0.6) is 5.75 Å². The summed E-state index contributed by atoms with van der Waals surface area (Å²) in [6, 6.07) is 12.3. The van der Waals surface area contributed by atoms with Crippen molar-refractivity contribution in [2.45, 2.75) is 19.0 Å². The van der Waals surface area contributed by atoms with E-state index >= 15 is 0 Å². The molecule has 3 heterocycles. The lowest BCUT2D eigenvalue weighted by atomic mass is 9.83. The van der Waals surface area contributed by atoms with Gasteiger partial charge in [0.1, 0.15) is 17.4 Å². The molecule has 8 heteroatoms. The maximum atomic E-state index is 13.4. The summed E-state index contributed by atoms with van der Waals surface area (Å²) in [5, 5.41) is 3.07. The first-order valence-electron chi connectivity index (χ1n) is 11.1. The Labute approximate surface area is 192 Å². The SMILES string of the molecule is COc1ccc2c(c1)N1CCN(c3cnccn3)C[C@@H]1[C@H](C(=O)NCc1ccc(F)cc1)C2. The first-order valence-corrected chi connectivity index (χ1v) is 11.1. The Morgan fingerprint density at radius 2 is 2.03 bits per heavy atom. The van der Waals surface area contributed by atoms with Crippen LogP contribution in [0.2, 0.25) is 0 Å². The zero-order chi connectivity index (χ0) is 22.8. The Morgan fingerprint density at radius 3 is 2.79 bits per heavy atom. The number of amides is 1. The number of methoxy groups -OCH3 is 1. The van der Waals surface area contributed by atoms with E-state index in [0.717, 1.165) is 41.5 Å². The van der Waals surface area contributed by atoms with E-state index in [9.17, 15) is 9.18 Å². The molecule has 2 aliphatic heterocycles. The second-order valence-electron chi connectivity index (χ2n) is 8.42. The first-order chi connectivity index (χ1) is 16.1. The average Bonchev–Trinajstić information content (AvgIpc) is 2.87. The maximum Gasteiger partial charge on any atom is 0.225 e. The monoisotopic (exact) mass is 447 g/mol. The van der Waals surface area contributed by atoms with Crippen LogP contribution in [0.25, 0.3) is 0 Å². The number of piperazine rings is 1. The second kappa shape index (κ2) is 9.05. The summed E-state index contributed by atoms with van der Waals surface area (Å²) in [5.41, 5.74) is 3.13. The number of fused-ring (bicyclic) bond motifs is 3. The molecule has 0 saturated carbocycles. The molecule has 1 saturated heterocycles. The van der Waals surface area contributed by atoms with Crippen LogP contribution in [0.3, 0.4) is 0 Å². The van der Waals surface area contributed by atoms with Gasteiger partial charge in [0.25, 0.3) is 0 Å². The highest BCUT2D eigenvalue weighted by atomic mass is 19.1. The van der Waals surface area contributed by atoms with Crippen molar-refractivity contribution < 1.29 is 13.9 Å². The van der Waals surface area contributed by atoms with Crippen molar-refractivity contribution in [2.24, 2.45) is 5.92 Å². The molecule has 0 unspecified atom stereocenters. The van der Waals surface area contributed by atoms with Crippen molar-refractivity contribution in [1.29, 1.82) is 0 Å². The molecular formula is C25H26FN5O2. The highest BCUT2D eigenvalue weighted by Crippen LogP contribution is 2.38. The van der Waals surface area contributed by atoms with E-state index in [-0.39, 0.29) is 23.7 Å². The highest BCUT2D eigenvalue weighted by Gasteiger charge is 2.42. The number of aromatic nitrogens is 2. The van der Waals surface area contributed by atoms with Crippen molar-refractivity contribution in [3.05, 3.63) is 78.0 Å². The quantitative estimate of drug-likeness (QED) is 0.649. The van der Waals surface area contributed by atoms with Crippen LogP contribution >= 0.6 is 0 Å². The van der Waals surface area contributed by atoms with Crippen LogP contribution in [0.15, 0.2) is 61.1 Å². The van der Waals surface area contributed by atoms with E-state index in [0.29, 0.717) is 19.5 Å². The zero-order valence-electron chi connectivity index (χ0n) is 18.4. The van der Waals surface area contributed by atoms with E-state index in [4.69, 9.17) is 4.74 Å². The molecule has 1 aromatic heterocycles. The molecule has 5 rings (SSSR count). The average molecular weight is 448 g/mol. The fourth-order valence-corrected chi connectivity index (χ4v) is 4.79. The maximum absolute atomic E-state index is 13.4. The smallest absolute Gasteiger partial charge is 0.225 e. The fourth-order valence-electron chi connectivity index (χ4n) is 4.79. The van der Waals surface area contributed by atoms with Gasteiger partial charge in [-0.3, -0.25) is 9.78 Å². The summed E-state index contributed by atoms with van der Waals surface area (Å²) in [6.45, 7) is 2.59. The molecule has 0 bridgehead atoms. The van der Waals surface area contributed by atoms with E-state index in [2.05, 4.69) is 37.2 Å². The molecule has 3 aromatic rings. The third-order valence-electron chi connectivity index (χ3n) is 6.52. The number of benzene rings is 2. The summed E-state index contributed by atoms with van der Waals surface area (Å²) in [7, 11) is 1.67. The van der Waals surface area contributed by atoms with Gasteiger partial charge in [-0.1, -0.05) is 18.2 Å². The number of rotatable bonds is 5. The minimum Gasteiger partial charge on any atom is -0.497 e. The molecule has 7 nitrogen and oxygen atoms in total. The molecule has 33 heavy (non-hydrogen) atoms. The third-order valence-corrected chi connectivity index (χ3v) is 6.52. The van der Waals surface area contributed by atoms with Crippen LogP contribution < -0.4 is 19.9 Å². The number of nitrogens with zero attached hydrogens (tertiary/aromatic N) is 4. The summed E-state index contributed by atoms with van der Waals surface area (Å²) in [6.07, 6.45) is 5.76. The Hall–Kier alpha value is -3.68. The molecule has 2 aliphatic rings. The molecule has 1 fully saturated rings. The normalized spacial score (nSPS) is 19.5. The van der Waals surface area contributed by atoms with Crippen LogP contribution in [0, 0.1) is 11.7 Å². The van der Waals surface area contributed by atoms with Crippen molar-refractivity contribution >= 4 is 17.4 Å². The Morgan fingerprint density at radius 1 is 1.18 bits per heavy atom. The largest absolute Gasteiger partial charge is 0.497 e. The predicted octanol–water partition coefficient (Wildman–Crippen LogP) is 2.81. The minimum atomic E-state index is -0.286. The van der Waals surface area contributed by atoms with Gasteiger partial charge in [-0.15, -0.1) is 0 Å². The summed E-state index contributed by atoms with van der Waals surface area (Å²) in [5.74, 6) is 1.11. The molecular weight excluding hydrogens is 421 g/mol. The van der Waals surface area contributed by atoms with Crippen LogP contribution in [-0.4, -0.2) is 48.7 Å². The number of anilines is 2. The minimum absolute atomic E-state index is 0.00297. The lowest BCUT2D eigenvalue weighted by Crippen LogP contribution is -2.61. The molecule has 0 aliphatic carbocycles. The van der Waals surface area contributed by atoms with Crippen LogP contribution in [0.4, 0.5) is 15.9 Å². The number of nitrogens with one attached hydrogen (secondary N) is 1. The van der Waals surface area contributed by atoms with Gasteiger partial charge in [0.2, 0.25) is 5.91 Å². The van der Waals surface area contributed by atoms with Gasteiger partial charge < -0.3 is 19.9 Å². The van der Waals surface area contributed by atoms with Crippen LogP contribution in [-0.2, 0) is 17.8 Å². The molecule has 2 atom stereocenters. The zero-order valence-corrected chi connectivity index (χ0v) is 18.4. The standard InChI is InChI=1S/C25H26FN5O2/c1-33-20-7-4-18-12-21(25(32)29-14-17-2-5-19(26)6-3-17)23-16-30(24-15-27-8-9-28-24)10-11-31(23)22(18)13-20/h2-9,13,15,21,23H,10-12,14,16H2,1H3,(H,29,32)/t21-,23-/m1/s1. The topological polar surface area (TPSA) is 70.6 Å². The van der Waals surface area contributed by atoms with Crippen molar-refractivity contribution in [2.75, 3.05) is 36.5 Å². The molecule has 1 N–H and O–H groups in total. The van der Waals surface area contributed by atoms with Gasteiger partial charge in [-0.05, 0) is 35.7 Å². The Balaban J connectivity index is 1.41. The third kappa shape index (κ3) is 4.33. The number of carbonyl (C=O) groups excluding carboxylic acids is 1. The van der Waals surface area contributed by atoms with Gasteiger partial charge in [0.15, 0.2) is 0 Å². The van der Waals surface area contributed by atoms with Gasteiger partial charge in [0.05, 0.1) is 25.3 Å². The van der Waals surface area contributed by atoms with E-state index in [1.807, 2.05) is 6.07 Å². The van der Waals surface area contributed by atoms with E-state index in [1.54, 1.807) is 37.8 Å². The lowest BCUT2D eigenvalue weighted by Gasteiger charge is -2.49. The second-order valence-corrected chi connectivity index (χ2v) is 8.42. The van der Waals surface area contributed by atoms with E-state index < -0.39 is 0 Å². The number of halogens is 1. The van der Waals surface area contributed by atoms with E-state index in [1.165, 1.54) is 12.1 Å². The van der Waals surface area contributed by atoms with Gasteiger partial charge in [-0.25, -0.2) is 9.37 Å². The Kier molecular flexibility index (Phi) is 5.81. The number of ether oxygens (including phenoxy) is 1. The summed E-state index contributed by atoms with van der Waals surface area (Å²) < 4.78 is 18.7.